The molecule has 2 aliphatic rings. The predicted octanol–water partition coefficient (Wildman–Crippen LogP) is 2.75. The number of anilines is 1. The first kappa shape index (κ1) is 12.7. The summed E-state index contributed by atoms with van der Waals surface area (Å²) < 4.78 is 0. The summed E-state index contributed by atoms with van der Waals surface area (Å²) in [5, 5.41) is 14.4. The zero-order chi connectivity index (χ0) is 13.4. The van der Waals surface area contributed by atoms with Crippen LogP contribution in [0.3, 0.4) is 0 Å². The van der Waals surface area contributed by atoms with Gasteiger partial charge in [0.05, 0.1) is 4.92 Å². The van der Waals surface area contributed by atoms with Crippen molar-refractivity contribution < 1.29 is 4.92 Å². The molecular weight excluding hydrogens is 266 g/mol. The Morgan fingerprint density at radius 1 is 1.37 bits per heavy atom. The zero-order valence-electron chi connectivity index (χ0n) is 10.5. The zero-order valence-corrected chi connectivity index (χ0v) is 11.3. The molecule has 19 heavy (non-hydrogen) atoms. The third-order valence-corrected chi connectivity index (χ3v) is 4.43. The average Bonchev–Trinajstić information content (AvgIpc) is 2.75. The van der Waals surface area contributed by atoms with E-state index in [1.807, 2.05) is 0 Å². The summed E-state index contributed by atoms with van der Waals surface area (Å²) >= 11 is 5.93. The number of nitrogens with zero attached hydrogens (tertiary/aromatic N) is 2. The van der Waals surface area contributed by atoms with Gasteiger partial charge in [0.15, 0.2) is 0 Å². The van der Waals surface area contributed by atoms with Crippen LogP contribution in [0.2, 0.25) is 5.02 Å². The number of piperidine rings is 1. The summed E-state index contributed by atoms with van der Waals surface area (Å²) in [5.41, 5.74) is 0.837. The van der Waals surface area contributed by atoms with Gasteiger partial charge < -0.3 is 10.2 Å². The molecule has 2 bridgehead atoms. The normalized spacial score (nSPS) is 29.2. The van der Waals surface area contributed by atoms with Gasteiger partial charge >= 0.3 is 0 Å². The maximum atomic E-state index is 10.7. The van der Waals surface area contributed by atoms with E-state index in [4.69, 9.17) is 11.6 Å². The largest absolute Gasteiger partial charge is 0.382 e. The van der Waals surface area contributed by atoms with E-state index < -0.39 is 4.92 Å². The lowest BCUT2D eigenvalue weighted by atomic mass is 9.94. The number of halogens is 1. The van der Waals surface area contributed by atoms with E-state index in [-0.39, 0.29) is 10.7 Å². The summed E-state index contributed by atoms with van der Waals surface area (Å²) in [6.45, 7) is 3.50. The fraction of sp³-hybridized carbons (Fsp3) is 0.538. The highest BCUT2D eigenvalue weighted by Gasteiger charge is 2.34. The van der Waals surface area contributed by atoms with Gasteiger partial charge in [-0.05, 0) is 37.4 Å². The monoisotopic (exact) mass is 281 g/mol. The first-order valence-electron chi connectivity index (χ1n) is 6.56. The van der Waals surface area contributed by atoms with Crippen molar-refractivity contribution in [3.63, 3.8) is 0 Å². The number of hydrogen-bond acceptors (Lipinski definition) is 4. The molecule has 1 aromatic rings. The van der Waals surface area contributed by atoms with Gasteiger partial charge in [0.25, 0.3) is 5.69 Å². The quantitative estimate of drug-likeness (QED) is 0.684. The lowest BCUT2D eigenvalue weighted by molar-refractivity contribution is -0.384. The Morgan fingerprint density at radius 3 is 2.89 bits per heavy atom. The molecule has 6 heteroatoms. The lowest BCUT2D eigenvalue weighted by Gasteiger charge is -2.31. The fourth-order valence-electron chi connectivity index (χ4n) is 3.10. The molecule has 2 saturated heterocycles. The van der Waals surface area contributed by atoms with Crippen molar-refractivity contribution >= 4 is 23.0 Å². The van der Waals surface area contributed by atoms with Gasteiger partial charge in [-0.3, -0.25) is 10.1 Å². The van der Waals surface area contributed by atoms with E-state index in [0.717, 1.165) is 18.7 Å². The van der Waals surface area contributed by atoms with Crippen LogP contribution in [0, 0.1) is 16.0 Å². The van der Waals surface area contributed by atoms with Crippen LogP contribution in [0.5, 0.6) is 0 Å². The van der Waals surface area contributed by atoms with Crippen LogP contribution in [0.1, 0.15) is 12.8 Å². The Balaban J connectivity index is 1.73. The summed E-state index contributed by atoms with van der Waals surface area (Å²) in [6, 6.07) is 5.32. The molecule has 3 rings (SSSR count). The molecular formula is C13H16ClN3O2. The number of nitro benzene ring substituents is 1. The summed E-state index contributed by atoms with van der Waals surface area (Å²) in [5.74, 6) is 0.683. The van der Waals surface area contributed by atoms with Crippen LogP contribution in [0.4, 0.5) is 11.4 Å². The van der Waals surface area contributed by atoms with E-state index in [1.54, 1.807) is 12.1 Å². The number of rotatable bonds is 3. The molecule has 1 N–H and O–H groups in total. The molecule has 0 radical (unpaired) electrons. The van der Waals surface area contributed by atoms with Gasteiger partial charge in [-0.1, -0.05) is 11.6 Å². The minimum absolute atomic E-state index is 0.0390. The topological polar surface area (TPSA) is 58.4 Å². The van der Waals surface area contributed by atoms with Gasteiger partial charge in [0.1, 0.15) is 5.02 Å². The Bertz CT molecular complexity index is 509. The second-order valence-electron chi connectivity index (χ2n) is 5.31. The van der Waals surface area contributed by atoms with Crippen molar-refractivity contribution in [1.29, 1.82) is 0 Å². The molecule has 0 saturated carbocycles. The smallest absolute Gasteiger partial charge is 0.288 e. The molecule has 0 spiro atoms. The molecule has 2 fully saturated rings. The molecule has 3 unspecified atom stereocenters. The minimum Gasteiger partial charge on any atom is -0.382 e. The molecule has 0 amide bonds. The minimum atomic E-state index is -0.457. The number of nitrogens with one attached hydrogen (secondary N) is 1. The molecule has 2 aliphatic heterocycles. The van der Waals surface area contributed by atoms with E-state index in [9.17, 15) is 10.1 Å². The summed E-state index contributed by atoms with van der Waals surface area (Å²) in [6.07, 6.45) is 2.36. The SMILES string of the molecule is O=[N+]([O-])c1ccc(NC2CCN3CCC2C3)cc1Cl. The third kappa shape index (κ3) is 2.53. The molecule has 0 aliphatic carbocycles. The standard InChI is InChI=1S/C13H16ClN3O2/c14-11-7-10(1-2-13(11)17(18)19)15-12-4-6-16-5-3-9(12)8-16/h1-2,7,9,12,15H,3-6,8H2. The second kappa shape index (κ2) is 4.98. The van der Waals surface area contributed by atoms with Gasteiger partial charge in [0, 0.05) is 30.9 Å². The van der Waals surface area contributed by atoms with Gasteiger partial charge in [-0.25, -0.2) is 0 Å². The van der Waals surface area contributed by atoms with Crippen LogP contribution in [0.25, 0.3) is 0 Å². The number of nitro groups is 1. The van der Waals surface area contributed by atoms with Gasteiger partial charge in [-0.2, -0.15) is 0 Å². The first-order valence-corrected chi connectivity index (χ1v) is 6.94. The van der Waals surface area contributed by atoms with Crippen LogP contribution < -0.4 is 5.32 Å². The van der Waals surface area contributed by atoms with Crippen molar-refractivity contribution in [2.75, 3.05) is 25.0 Å². The molecule has 1 aromatic carbocycles. The van der Waals surface area contributed by atoms with Crippen molar-refractivity contribution in [3.8, 4) is 0 Å². The van der Waals surface area contributed by atoms with E-state index in [2.05, 4.69) is 10.2 Å². The number of benzene rings is 1. The second-order valence-corrected chi connectivity index (χ2v) is 5.72. The van der Waals surface area contributed by atoms with E-state index in [0.29, 0.717) is 12.0 Å². The predicted molar refractivity (Wildman–Crippen MR) is 74.7 cm³/mol. The number of hydrogen-bond donors (Lipinski definition) is 1. The summed E-state index contributed by atoms with van der Waals surface area (Å²) in [4.78, 5) is 12.8. The van der Waals surface area contributed by atoms with Gasteiger partial charge in [-0.15, -0.1) is 0 Å². The van der Waals surface area contributed by atoms with Crippen molar-refractivity contribution in [1.82, 2.24) is 4.90 Å². The summed E-state index contributed by atoms with van der Waals surface area (Å²) in [7, 11) is 0. The molecule has 2 heterocycles. The Morgan fingerprint density at radius 2 is 2.16 bits per heavy atom. The highest BCUT2D eigenvalue weighted by Crippen LogP contribution is 2.32. The Hall–Kier alpha value is -1.33. The fourth-order valence-corrected chi connectivity index (χ4v) is 3.35. The Labute approximate surface area is 116 Å². The van der Waals surface area contributed by atoms with E-state index in [1.165, 1.54) is 25.6 Å². The van der Waals surface area contributed by atoms with Gasteiger partial charge in [0.2, 0.25) is 0 Å². The third-order valence-electron chi connectivity index (χ3n) is 4.13. The van der Waals surface area contributed by atoms with Crippen molar-refractivity contribution in [3.05, 3.63) is 33.3 Å². The Kier molecular flexibility index (Phi) is 3.33. The van der Waals surface area contributed by atoms with Crippen molar-refractivity contribution in [2.45, 2.75) is 18.9 Å². The van der Waals surface area contributed by atoms with Crippen LogP contribution in [-0.4, -0.2) is 35.5 Å². The highest BCUT2D eigenvalue weighted by molar-refractivity contribution is 6.32. The molecule has 5 nitrogen and oxygen atoms in total. The maximum absolute atomic E-state index is 10.7. The lowest BCUT2D eigenvalue weighted by Crippen LogP contribution is -2.39. The highest BCUT2D eigenvalue weighted by atomic mass is 35.5. The van der Waals surface area contributed by atoms with Crippen LogP contribution in [0.15, 0.2) is 18.2 Å². The molecule has 3 atom stereocenters. The molecule has 102 valence electrons. The van der Waals surface area contributed by atoms with Crippen molar-refractivity contribution in [2.24, 2.45) is 5.92 Å². The number of fused-ring (bicyclic) bond motifs is 2. The van der Waals surface area contributed by atoms with Crippen LogP contribution in [-0.2, 0) is 0 Å². The first-order chi connectivity index (χ1) is 9.13. The maximum Gasteiger partial charge on any atom is 0.288 e. The van der Waals surface area contributed by atoms with Crippen LogP contribution >= 0.6 is 11.6 Å². The average molecular weight is 282 g/mol. The van der Waals surface area contributed by atoms with E-state index >= 15 is 0 Å². The molecule has 0 aromatic heterocycles.